The number of aromatic carboxylic acids is 1. The largest absolute Gasteiger partial charge is 0.478 e. The van der Waals surface area contributed by atoms with Crippen molar-refractivity contribution >= 4 is 38.8 Å². The van der Waals surface area contributed by atoms with Gasteiger partial charge in [-0.15, -0.1) is 6.58 Å². The number of amides is 2. The lowest BCUT2D eigenvalue weighted by molar-refractivity contribution is 0.0696. The third-order valence-electron chi connectivity index (χ3n) is 3.19. The highest BCUT2D eigenvalue weighted by Gasteiger charge is 2.11. The first-order valence-electron chi connectivity index (χ1n) is 7.18. The minimum Gasteiger partial charge on any atom is -0.478 e. The third-order valence-corrected chi connectivity index (χ3v) is 4.09. The van der Waals surface area contributed by atoms with Crippen LogP contribution < -0.4 is 10.6 Å². The number of fused-ring (bicyclic) bond motifs is 1. The molecule has 0 aliphatic rings. The number of urea groups is 1. The minimum absolute atomic E-state index is 0.0946. The fourth-order valence-electron chi connectivity index (χ4n) is 2.06. The van der Waals surface area contributed by atoms with Crippen LogP contribution >= 0.6 is 11.3 Å². The number of carboxylic acids is 1. The van der Waals surface area contributed by atoms with Crippen LogP contribution in [0.2, 0.25) is 0 Å². The van der Waals surface area contributed by atoms with Crippen LogP contribution in [0.3, 0.4) is 0 Å². The summed E-state index contributed by atoms with van der Waals surface area (Å²) in [5.74, 6) is -1.05. The molecule has 8 nitrogen and oxygen atoms in total. The molecule has 3 rings (SSSR count). The van der Waals surface area contributed by atoms with Crippen LogP contribution in [-0.4, -0.2) is 38.6 Å². The Labute approximate surface area is 146 Å². The number of rotatable bonds is 5. The molecule has 3 N–H and O–H groups in total. The topological polar surface area (TPSA) is 117 Å². The van der Waals surface area contributed by atoms with E-state index in [-0.39, 0.29) is 11.6 Å². The SMILES string of the molecule is C=CCNC(=O)Nc1nc2cc(-c3cncc(C(=O)O)c3)cnc2s1. The van der Waals surface area contributed by atoms with Gasteiger partial charge in [-0.25, -0.2) is 19.6 Å². The van der Waals surface area contributed by atoms with Gasteiger partial charge in [0.2, 0.25) is 0 Å². The first-order chi connectivity index (χ1) is 12.1. The molecular weight excluding hydrogens is 342 g/mol. The van der Waals surface area contributed by atoms with Gasteiger partial charge in [-0.1, -0.05) is 17.4 Å². The van der Waals surface area contributed by atoms with E-state index in [2.05, 4.69) is 32.2 Å². The van der Waals surface area contributed by atoms with Gasteiger partial charge in [0.15, 0.2) is 5.13 Å². The van der Waals surface area contributed by atoms with Gasteiger partial charge in [-0.2, -0.15) is 0 Å². The number of hydrogen-bond acceptors (Lipinski definition) is 6. The molecule has 0 aliphatic carbocycles. The highest BCUT2D eigenvalue weighted by atomic mass is 32.1. The van der Waals surface area contributed by atoms with Gasteiger partial charge in [0.1, 0.15) is 10.3 Å². The van der Waals surface area contributed by atoms with Crippen molar-refractivity contribution < 1.29 is 14.7 Å². The molecule has 3 aromatic rings. The van der Waals surface area contributed by atoms with E-state index >= 15 is 0 Å². The van der Waals surface area contributed by atoms with Crippen molar-refractivity contribution in [1.82, 2.24) is 20.3 Å². The summed E-state index contributed by atoms with van der Waals surface area (Å²) in [5.41, 5.74) is 2.01. The van der Waals surface area contributed by atoms with E-state index in [0.717, 1.165) is 0 Å². The van der Waals surface area contributed by atoms with E-state index in [9.17, 15) is 9.59 Å². The Morgan fingerprint density at radius 3 is 2.80 bits per heavy atom. The Hall–Kier alpha value is -3.33. The zero-order valence-electron chi connectivity index (χ0n) is 12.9. The number of anilines is 1. The van der Waals surface area contributed by atoms with Crippen molar-refractivity contribution in [3.8, 4) is 11.1 Å². The molecule has 0 unspecified atom stereocenters. The van der Waals surface area contributed by atoms with Crippen molar-refractivity contribution in [1.29, 1.82) is 0 Å². The van der Waals surface area contributed by atoms with Crippen molar-refractivity contribution in [2.45, 2.75) is 0 Å². The van der Waals surface area contributed by atoms with E-state index in [4.69, 9.17) is 5.11 Å². The molecule has 2 amide bonds. The smallest absolute Gasteiger partial charge is 0.337 e. The zero-order valence-corrected chi connectivity index (χ0v) is 13.7. The monoisotopic (exact) mass is 355 g/mol. The maximum absolute atomic E-state index is 11.7. The van der Waals surface area contributed by atoms with Gasteiger partial charge in [0.05, 0.1) is 5.56 Å². The van der Waals surface area contributed by atoms with Crippen LogP contribution in [0, 0.1) is 0 Å². The van der Waals surface area contributed by atoms with E-state index in [0.29, 0.717) is 33.2 Å². The normalized spacial score (nSPS) is 10.4. The maximum atomic E-state index is 11.7. The molecular formula is C16H13N5O3S. The van der Waals surface area contributed by atoms with Gasteiger partial charge in [-0.05, 0) is 12.1 Å². The molecule has 0 saturated carbocycles. The Morgan fingerprint density at radius 1 is 1.24 bits per heavy atom. The third kappa shape index (κ3) is 3.78. The number of nitrogens with one attached hydrogen (secondary N) is 2. The lowest BCUT2D eigenvalue weighted by Crippen LogP contribution is -2.28. The summed E-state index contributed by atoms with van der Waals surface area (Å²) < 4.78 is 0. The molecule has 0 bridgehead atoms. The number of pyridine rings is 2. The first-order valence-corrected chi connectivity index (χ1v) is 7.99. The number of carboxylic acid groups (broad SMARTS) is 1. The van der Waals surface area contributed by atoms with Gasteiger partial charge >= 0.3 is 12.0 Å². The number of thiazole rings is 1. The van der Waals surface area contributed by atoms with Gasteiger partial charge in [0, 0.05) is 36.3 Å². The predicted octanol–water partition coefficient (Wildman–Crippen LogP) is 2.76. The number of carbonyl (C=O) groups excluding carboxylic acids is 1. The summed E-state index contributed by atoms with van der Waals surface area (Å²) >= 11 is 1.24. The summed E-state index contributed by atoms with van der Waals surface area (Å²) in [6.07, 6.45) is 6.03. The highest BCUT2D eigenvalue weighted by molar-refractivity contribution is 7.21. The fraction of sp³-hybridized carbons (Fsp3) is 0.0625. The Kier molecular flexibility index (Phi) is 4.66. The summed E-state index contributed by atoms with van der Waals surface area (Å²) in [7, 11) is 0. The minimum atomic E-state index is -1.05. The molecule has 0 spiro atoms. The number of hydrogen-bond donors (Lipinski definition) is 3. The quantitative estimate of drug-likeness (QED) is 0.606. The fourth-order valence-corrected chi connectivity index (χ4v) is 2.84. The second-order valence-electron chi connectivity index (χ2n) is 4.96. The summed E-state index contributed by atoms with van der Waals surface area (Å²) in [6.45, 7) is 3.88. The van der Waals surface area contributed by atoms with E-state index in [1.165, 1.54) is 23.6 Å². The number of aromatic nitrogens is 3. The molecule has 25 heavy (non-hydrogen) atoms. The highest BCUT2D eigenvalue weighted by Crippen LogP contribution is 2.28. The Morgan fingerprint density at radius 2 is 2.04 bits per heavy atom. The number of carbonyl (C=O) groups is 2. The Balaban J connectivity index is 1.87. The molecule has 0 atom stereocenters. The molecule has 3 heterocycles. The second-order valence-corrected chi connectivity index (χ2v) is 5.94. The first kappa shape index (κ1) is 16.5. The van der Waals surface area contributed by atoms with Gasteiger partial charge in [-0.3, -0.25) is 10.3 Å². The molecule has 3 aromatic heterocycles. The summed E-state index contributed by atoms with van der Waals surface area (Å²) in [5, 5.41) is 14.7. The second kappa shape index (κ2) is 7.05. The van der Waals surface area contributed by atoms with Crippen molar-refractivity contribution in [2.24, 2.45) is 0 Å². The van der Waals surface area contributed by atoms with E-state index < -0.39 is 5.97 Å². The summed E-state index contributed by atoms with van der Waals surface area (Å²) in [4.78, 5) is 35.9. The molecule has 0 radical (unpaired) electrons. The molecule has 0 fully saturated rings. The van der Waals surface area contributed by atoms with Crippen molar-refractivity contribution in [2.75, 3.05) is 11.9 Å². The standard InChI is InChI=1S/C16H13N5O3S/c1-2-3-18-15(24)21-16-20-12-5-10(8-19-13(12)25-16)9-4-11(14(22)23)7-17-6-9/h2,4-8H,1,3H2,(H,22,23)(H2,18,20,21,24). The molecule has 126 valence electrons. The molecule has 0 saturated heterocycles. The van der Waals surface area contributed by atoms with Crippen LogP contribution in [0.1, 0.15) is 10.4 Å². The van der Waals surface area contributed by atoms with Gasteiger partial charge in [0.25, 0.3) is 0 Å². The van der Waals surface area contributed by atoms with E-state index in [1.54, 1.807) is 24.5 Å². The molecule has 0 aliphatic heterocycles. The zero-order chi connectivity index (χ0) is 17.8. The Bertz CT molecular complexity index is 969. The van der Waals surface area contributed by atoms with E-state index in [1.807, 2.05) is 0 Å². The van der Waals surface area contributed by atoms with Crippen LogP contribution in [0.5, 0.6) is 0 Å². The maximum Gasteiger partial charge on any atom is 0.337 e. The average Bonchev–Trinajstić information content (AvgIpc) is 3.01. The van der Waals surface area contributed by atoms with Crippen molar-refractivity contribution in [3.05, 3.63) is 48.9 Å². The molecule has 9 heteroatoms. The van der Waals surface area contributed by atoms with Crippen LogP contribution in [0.25, 0.3) is 21.5 Å². The van der Waals surface area contributed by atoms with Crippen LogP contribution in [0.4, 0.5) is 9.93 Å². The summed E-state index contributed by atoms with van der Waals surface area (Å²) in [6, 6.07) is 2.92. The average molecular weight is 355 g/mol. The number of nitrogens with zero attached hydrogens (tertiary/aromatic N) is 3. The van der Waals surface area contributed by atoms with Crippen LogP contribution in [0.15, 0.2) is 43.4 Å². The lowest BCUT2D eigenvalue weighted by atomic mass is 10.1. The van der Waals surface area contributed by atoms with Crippen molar-refractivity contribution in [3.63, 3.8) is 0 Å². The lowest BCUT2D eigenvalue weighted by Gasteiger charge is -2.01. The predicted molar refractivity (Wildman–Crippen MR) is 94.8 cm³/mol. The van der Waals surface area contributed by atoms with Crippen LogP contribution in [-0.2, 0) is 0 Å². The van der Waals surface area contributed by atoms with Gasteiger partial charge < -0.3 is 10.4 Å². The molecule has 0 aromatic carbocycles.